The summed E-state index contributed by atoms with van der Waals surface area (Å²) in [7, 11) is 0. The smallest absolute Gasteiger partial charge is 0.189 e. The highest BCUT2D eigenvalue weighted by molar-refractivity contribution is 6.14. The molecule has 1 N–H and O–H groups in total. The van der Waals surface area contributed by atoms with Gasteiger partial charge >= 0.3 is 0 Å². The van der Waals surface area contributed by atoms with E-state index in [4.69, 9.17) is 0 Å². The number of ketones is 1. The van der Waals surface area contributed by atoms with Crippen molar-refractivity contribution in [3.8, 4) is 5.75 Å². The number of carbonyl (C=O) groups excluding carboxylic acids is 1. The molecule has 0 atom stereocenters. The van der Waals surface area contributed by atoms with Crippen molar-refractivity contribution in [1.29, 1.82) is 0 Å². The minimum Gasteiger partial charge on any atom is -0.507 e. The number of Topliss-reactive ketones (excluding diaryl/α,β-unsaturated/α-hetero) is 1. The summed E-state index contributed by atoms with van der Waals surface area (Å²) in [5.74, 6) is 0.549. The quantitative estimate of drug-likeness (QED) is 0.0786. The minimum absolute atomic E-state index is 0.163. The number of unbranched alkanes of at least 4 members (excludes halogenated alkanes) is 18. The number of carbonyl (C=O) groups is 1. The highest BCUT2D eigenvalue weighted by Crippen LogP contribution is 2.33. The summed E-state index contributed by atoms with van der Waals surface area (Å²) in [5, 5.41) is 11.5. The molecule has 0 saturated carbocycles. The summed E-state index contributed by atoms with van der Waals surface area (Å²) in [4.78, 5) is 13.8. The second kappa shape index (κ2) is 25.1. The third-order valence-corrected chi connectivity index (χ3v) is 9.58. The molecule has 45 heavy (non-hydrogen) atoms. The van der Waals surface area contributed by atoms with Gasteiger partial charge < -0.3 is 5.11 Å². The molecule has 2 nitrogen and oxygen atoms in total. The van der Waals surface area contributed by atoms with Gasteiger partial charge in [-0.3, -0.25) is 4.79 Å². The number of allylic oxidation sites excluding steroid dienone is 5. The van der Waals surface area contributed by atoms with Gasteiger partial charge in [-0.1, -0.05) is 155 Å². The largest absolute Gasteiger partial charge is 0.507 e. The van der Waals surface area contributed by atoms with Gasteiger partial charge in [0.1, 0.15) is 5.75 Å². The van der Waals surface area contributed by atoms with Crippen LogP contribution in [0.1, 0.15) is 198 Å². The zero-order valence-electron chi connectivity index (χ0n) is 30.1. The van der Waals surface area contributed by atoms with Crippen LogP contribution in [0.25, 0.3) is 6.08 Å². The van der Waals surface area contributed by atoms with Crippen molar-refractivity contribution in [3.63, 3.8) is 0 Å². The Morgan fingerprint density at radius 3 is 1.58 bits per heavy atom. The monoisotopic (exact) mass is 619 g/mol. The van der Waals surface area contributed by atoms with Crippen LogP contribution in [0, 0.1) is 0 Å². The zero-order chi connectivity index (χ0) is 32.5. The molecule has 0 spiro atoms. The van der Waals surface area contributed by atoms with Crippen molar-refractivity contribution in [2.45, 2.75) is 195 Å². The second-order valence-electron chi connectivity index (χ2n) is 13.9. The normalized spacial score (nSPS) is 14.3. The summed E-state index contributed by atoms with van der Waals surface area (Å²) < 4.78 is 0. The standard InChI is InChI=1S/C43H70O2/c1-5-9-13-17-19-21-23-27-36-31-38(29-25-15-11-7-3)42(44)40(33-36)35-41-34-37(28-24-22-20-18-14-10-6-2)32-39(43(41)45)30-26-16-12-8-4/h31-35,44H,5-30H2,1-4H3. The summed E-state index contributed by atoms with van der Waals surface area (Å²) in [6, 6.07) is 4.43. The molecule has 0 aromatic heterocycles. The first kappa shape index (κ1) is 39.1. The van der Waals surface area contributed by atoms with E-state index in [1.807, 2.05) is 6.08 Å². The molecule has 1 aliphatic carbocycles. The molecule has 0 saturated heterocycles. The molecule has 254 valence electrons. The molecule has 1 aromatic carbocycles. The molecule has 2 heteroatoms. The Hall–Kier alpha value is -2.09. The van der Waals surface area contributed by atoms with Gasteiger partial charge in [0.25, 0.3) is 0 Å². The Kier molecular flexibility index (Phi) is 21.8. The number of phenols is 1. The van der Waals surface area contributed by atoms with Crippen LogP contribution in [0.4, 0.5) is 0 Å². The highest BCUT2D eigenvalue weighted by Gasteiger charge is 2.20. The number of hydrogen-bond donors (Lipinski definition) is 1. The molecular weight excluding hydrogens is 548 g/mol. The van der Waals surface area contributed by atoms with E-state index in [0.29, 0.717) is 5.75 Å². The van der Waals surface area contributed by atoms with E-state index in [-0.39, 0.29) is 5.78 Å². The molecule has 0 radical (unpaired) electrons. The van der Waals surface area contributed by atoms with Crippen LogP contribution >= 0.6 is 0 Å². The first-order chi connectivity index (χ1) is 22.0. The number of benzene rings is 1. The summed E-state index contributed by atoms with van der Waals surface area (Å²) >= 11 is 0. The molecule has 0 aliphatic heterocycles. The predicted octanol–water partition coefficient (Wildman–Crippen LogP) is 13.7. The van der Waals surface area contributed by atoms with Crippen molar-refractivity contribution < 1.29 is 9.90 Å². The molecular formula is C43H70O2. The van der Waals surface area contributed by atoms with E-state index >= 15 is 0 Å². The van der Waals surface area contributed by atoms with Crippen LogP contribution < -0.4 is 0 Å². The van der Waals surface area contributed by atoms with Crippen molar-refractivity contribution in [3.05, 3.63) is 57.7 Å². The fourth-order valence-electron chi connectivity index (χ4n) is 6.68. The molecule has 0 bridgehead atoms. The third kappa shape index (κ3) is 16.3. The maximum Gasteiger partial charge on any atom is 0.189 e. The molecule has 2 rings (SSSR count). The number of aromatic hydroxyl groups is 1. The summed E-state index contributed by atoms with van der Waals surface area (Å²) in [6.45, 7) is 9.03. The Labute approximate surface area is 279 Å². The number of rotatable bonds is 27. The van der Waals surface area contributed by atoms with E-state index in [2.05, 4.69) is 52.0 Å². The fourth-order valence-corrected chi connectivity index (χ4v) is 6.68. The Morgan fingerprint density at radius 2 is 1.00 bits per heavy atom. The van der Waals surface area contributed by atoms with Crippen LogP contribution in [0.5, 0.6) is 5.75 Å². The number of hydrogen-bond acceptors (Lipinski definition) is 2. The maximum absolute atomic E-state index is 13.8. The molecule has 0 amide bonds. The molecule has 0 heterocycles. The zero-order valence-corrected chi connectivity index (χ0v) is 30.1. The lowest BCUT2D eigenvalue weighted by Gasteiger charge is -2.17. The average molecular weight is 619 g/mol. The van der Waals surface area contributed by atoms with Gasteiger partial charge in [0, 0.05) is 16.7 Å². The topological polar surface area (TPSA) is 37.3 Å². The number of aryl methyl sites for hydroxylation is 2. The lowest BCUT2D eigenvalue weighted by Crippen LogP contribution is -2.10. The van der Waals surface area contributed by atoms with Crippen molar-refractivity contribution in [2.24, 2.45) is 0 Å². The highest BCUT2D eigenvalue weighted by atomic mass is 16.3. The van der Waals surface area contributed by atoms with E-state index in [0.717, 1.165) is 60.8 Å². The maximum atomic E-state index is 13.8. The molecule has 1 aromatic rings. The molecule has 0 unspecified atom stereocenters. The molecule has 0 fully saturated rings. The van der Waals surface area contributed by atoms with E-state index in [1.165, 1.54) is 140 Å². The summed E-state index contributed by atoms with van der Waals surface area (Å²) in [6.07, 6.45) is 37.8. The van der Waals surface area contributed by atoms with E-state index < -0.39 is 0 Å². The van der Waals surface area contributed by atoms with Crippen LogP contribution in [0.15, 0.2) is 41.0 Å². The summed E-state index contributed by atoms with van der Waals surface area (Å²) in [5.41, 5.74) is 6.23. The van der Waals surface area contributed by atoms with Crippen LogP contribution in [-0.2, 0) is 17.6 Å². The SMILES string of the molecule is CCCCCCCCCC1=CC(=Cc2cc(CCCCCCCCC)cc(CCCCCC)c2O)C(=O)C(CCCCCC)=C1. The predicted molar refractivity (Wildman–Crippen MR) is 198 cm³/mol. The third-order valence-electron chi connectivity index (χ3n) is 9.58. The van der Waals surface area contributed by atoms with Gasteiger partial charge in [-0.05, 0) is 86.3 Å². The Balaban J connectivity index is 2.26. The van der Waals surface area contributed by atoms with Gasteiger partial charge in [-0.15, -0.1) is 0 Å². The minimum atomic E-state index is 0.163. The van der Waals surface area contributed by atoms with Crippen LogP contribution in [0.2, 0.25) is 0 Å². The van der Waals surface area contributed by atoms with Gasteiger partial charge in [-0.2, -0.15) is 0 Å². The van der Waals surface area contributed by atoms with Crippen molar-refractivity contribution in [2.75, 3.05) is 0 Å². The first-order valence-corrected chi connectivity index (χ1v) is 19.6. The van der Waals surface area contributed by atoms with E-state index in [9.17, 15) is 9.90 Å². The van der Waals surface area contributed by atoms with Gasteiger partial charge in [0.2, 0.25) is 0 Å². The Bertz CT molecular complexity index is 1040. The van der Waals surface area contributed by atoms with Crippen LogP contribution in [-0.4, -0.2) is 10.9 Å². The Morgan fingerprint density at radius 1 is 0.533 bits per heavy atom. The van der Waals surface area contributed by atoms with Gasteiger partial charge in [-0.25, -0.2) is 0 Å². The van der Waals surface area contributed by atoms with E-state index in [1.54, 1.807) is 0 Å². The first-order valence-electron chi connectivity index (χ1n) is 19.6. The van der Waals surface area contributed by atoms with Crippen molar-refractivity contribution in [1.82, 2.24) is 0 Å². The number of phenolic OH excluding ortho intramolecular Hbond substituents is 1. The van der Waals surface area contributed by atoms with Crippen molar-refractivity contribution >= 4 is 11.9 Å². The molecule has 1 aliphatic rings. The fraction of sp³-hybridized carbons (Fsp3) is 0.698. The van der Waals surface area contributed by atoms with Crippen LogP contribution in [0.3, 0.4) is 0 Å². The lowest BCUT2D eigenvalue weighted by molar-refractivity contribution is -0.112. The van der Waals surface area contributed by atoms with Gasteiger partial charge in [0.15, 0.2) is 5.78 Å². The van der Waals surface area contributed by atoms with Gasteiger partial charge in [0.05, 0.1) is 0 Å². The second-order valence-corrected chi connectivity index (χ2v) is 13.9. The average Bonchev–Trinajstić information content (AvgIpc) is 3.04. The lowest BCUT2D eigenvalue weighted by atomic mass is 9.87.